The molecule has 0 bridgehead atoms. The fourth-order valence-electron chi connectivity index (χ4n) is 3.49. The van der Waals surface area contributed by atoms with E-state index in [-0.39, 0.29) is 18.3 Å². The molecule has 3 rings (SSSR count). The van der Waals surface area contributed by atoms with Crippen LogP contribution in [0.4, 0.5) is 14.9 Å². The number of hydrogen-bond acceptors (Lipinski definition) is 4. The van der Waals surface area contributed by atoms with Crippen molar-refractivity contribution in [3.8, 4) is 0 Å². The smallest absolute Gasteiger partial charge is 0.315 e. The molecule has 8 heteroatoms. The number of benzene rings is 2. The highest BCUT2D eigenvalue weighted by Crippen LogP contribution is 2.13. The number of carbonyl (C=O) groups is 2. The lowest BCUT2D eigenvalue weighted by Crippen LogP contribution is -2.47. The molecule has 7 nitrogen and oxygen atoms in total. The normalized spacial score (nSPS) is 15.1. The zero-order valence-corrected chi connectivity index (χ0v) is 18.4. The zero-order valence-electron chi connectivity index (χ0n) is 18.4. The second-order valence-corrected chi connectivity index (χ2v) is 7.87. The monoisotopic (exact) mass is 442 g/mol. The third-order valence-electron chi connectivity index (χ3n) is 5.30. The average molecular weight is 443 g/mol. The highest BCUT2D eigenvalue weighted by atomic mass is 19.1. The molecule has 0 aromatic heterocycles. The Morgan fingerprint density at radius 1 is 1.03 bits per heavy atom. The topological polar surface area (TPSA) is 82.7 Å². The summed E-state index contributed by atoms with van der Waals surface area (Å²) >= 11 is 0. The highest BCUT2D eigenvalue weighted by Gasteiger charge is 2.20. The molecule has 32 heavy (non-hydrogen) atoms. The van der Waals surface area contributed by atoms with E-state index in [1.54, 1.807) is 12.1 Å². The van der Waals surface area contributed by atoms with Gasteiger partial charge in [0.25, 0.3) is 0 Å². The van der Waals surface area contributed by atoms with Gasteiger partial charge in [0, 0.05) is 31.9 Å². The summed E-state index contributed by atoms with van der Waals surface area (Å²) in [6, 6.07) is 12.6. The Kier molecular flexibility index (Phi) is 9.01. The van der Waals surface area contributed by atoms with Crippen LogP contribution in [0.15, 0.2) is 48.5 Å². The molecule has 1 atom stereocenters. The number of amides is 3. The predicted octanol–water partition coefficient (Wildman–Crippen LogP) is 3.26. The van der Waals surface area contributed by atoms with Crippen LogP contribution in [0, 0.1) is 5.82 Å². The second-order valence-electron chi connectivity index (χ2n) is 7.87. The van der Waals surface area contributed by atoms with Crippen molar-refractivity contribution in [1.82, 2.24) is 15.5 Å². The van der Waals surface area contributed by atoms with Gasteiger partial charge in [0.1, 0.15) is 11.9 Å². The molecule has 1 unspecified atom stereocenters. The fourth-order valence-corrected chi connectivity index (χ4v) is 3.49. The number of hydrogen-bond donors (Lipinski definition) is 3. The maximum absolute atomic E-state index is 13.0. The van der Waals surface area contributed by atoms with Gasteiger partial charge in [-0.25, -0.2) is 9.18 Å². The van der Waals surface area contributed by atoms with E-state index < -0.39 is 12.1 Å². The van der Waals surface area contributed by atoms with Gasteiger partial charge in [0.05, 0.1) is 13.2 Å². The third kappa shape index (κ3) is 7.62. The number of halogens is 1. The number of nitrogens with zero attached hydrogens (tertiary/aromatic N) is 1. The van der Waals surface area contributed by atoms with Crippen LogP contribution in [0.5, 0.6) is 0 Å². The van der Waals surface area contributed by atoms with Crippen molar-refractivity contribution in [3.63, 3.8) is 0 Å². The molecular formula is C24H31FN4O3. The van der Waals surface area contributed by atoms with Gasteiger partial charge >= 0.3 is 6.03 Å². The first kappa shape index (κ1) is 23.7. The van der Waals surface area contributed by atoms with Crippen LogP contribution in [-0.2, 0) is 22.6 Å². The van der Waals surface area contributed by atoms with Gasteiger partial charge in [0.15, 0.2) is 0 Å². The zero-order chi connectivity index (χ0) is 22.8. The Balaban J connectivity index is 1.48. The third-order valence-corrected chi connectivity index (χ3v) is 5.30. The lowest BCUT2D eigenvalue weighted by molar-refractivity contribution is -0.118. The number of ether oxygens (including phenoxy) is 1. The average Bonchev–Trinajstić information content (AvgIpc) is 2.80. The van der Waals surface area contributed by atoms with Crippen molar-refractivity contribution in [2.75, 3.05) is 31.6 Å². The van der Waals surface area contributed by atoms with E-state index in [0.717, 1.165) is 44.8 Å². The van der Waals surface area contributed by atoms with Crippen molar-refractivity contribution < 1.29 is 18.7 Å². The summed E-state index contributed by atoms with van der Waals surface area (Å²) in [5, 5.41) is 8.32. The lowest BCUT2D eigenvalue weighted by Gasteiger charge is -2.26. The van der Waals surface area contributed by atoms with Gasteiger partial charge in [-0.2, -0.15) is 0 Å². The summed E-state index contributed by atoms with van der Waals surface area (Å²) in [4.78, 5) is 27.3. The van der Waals surface area contributed by atoms with Gasteiger partial charge in [-0.3, -0.25) is 9.69 Å². The van der Waals surface area contributed by atoms with E-state index in [1.165, 1.54) is 17.7 Å². The molecule has 1 heterocycles. The Morgan fingerprint density at radius 2 is 1.69 bits per heavy atom. The minimum atomic E-state index is -0.652. The molecule has 0 spiro atoms. The maximum atomic E-state index is 13.0. The van der Waals surface area contributed by atoms with Crippen LogP contribution >= 0.6 is 0 Å². The Hall–Kier alpha value is -2.97. The quantitative estimate of drug-likeness (QED) is 0.557. The van der Waals surface area contributed by atoms with Crippen LogP contribution in [0.2, 0.25) is 0 Å². The number of rotatable bonds is 9. The molecule has 2 aromatic carbocycles. The molecule has 0 radical (unpaired) electrons. The largest absolute Gasteiger partial charge is 0.379 e. The summed E-state index contributed by atoms with van der Waals surface area (Å²) in [5.41, 5.74) is 2.64. The van der Waals surface area contributed by atoms with Crippen molar-refractivity contribution in [1.29, 1.82) is 0 Å². The van der Waals surface area contributed by atoms with Crippen LogP contribution in [0.3, 0.4) is 0 Å². The van der Waals surface area contributed by atoms with E-state index in [1.807, 2.05) is 31.2 Å². The van der Waals surface area contributed by atoms with Gasteiger partial charge < -0.3 is 20.7 Å². The van der Waals surface area contributed by atoms with E-state index in [9.17, 15) is 14.0 Å². The Bertz CT molecular complexity index is 868. The van der Waals surface area contributed by atoms with E-state index in [0.29, 0.717) is 12.1 Å². The minimum absolute atomic E-state index is 0.247. The van der Waals surface area contributed by atoms with E-state index in [2.05, 4.69) is 20.9 Å². The standard InChI is InChI=1S/C24H31FN4O3/c1-2-3-22(28-24(31)26-16-18-4-8-20(25)9-5-18)23(30)27-21-10-6-19(7-11-21)17-29-12-14-32-15-13-29/h4-11,22H,2-3,12-17H2,1H3,(H,27,30)(H2,26,28,31). The van der Waals surface area contributed by atoms with Gasteiger partial charge in [-0.05, 0) is 41.8 Å². The molecular weight excluding hydrogens is 411 g/mol. The van der Waals surface area contributed by atoms with Gasteiger partial charge in [-0.1, -0.05) is 37.6 Å². The number of carbonyl (C=O) groups excluding carboxylic acids is 2. The molecule has 0 saturated carbocycles. The first-order chi connectivity index (χ1) is 15.5. The van der Waals surface area contributed by atoms with Crippen molar-refractivity contribution in [3.05, 3.63) is 65.5 Å². The van der Waals surface area contributed by atoms with Gasteiger partial charge in [-0.15, -0.1) is 0 Å². The van der Waals surface area contributed by atoms with Crippen LogP contribution in [-0.4, -0.2) is 49.2 Å². The number of nitrogens with one attached hydrogen (secondary N) is 3. The molecule has 1 fully saturated rings. The summed E-state index contributed by atoms with van der Waals surface area (Å²) < 4.78 is 18.4. The Morgan fingerprint density at radius 3 is 2.34 bits per heavy atom. The molecule has 1 saturated heterocycles. The second kappa shape index (κ2) is 12.2. The van der Waals surface area contributed by atoms with Crippen molar-refractivity contribution >= 4 is 17.6 Å². The predicted molar refractivity (Wildman–Crippen MR) is 122 cm³/mol. The van der Waals surface area contributed by atoms with Crippen LogP contribution < -0.4 is 16.0 Å². The molecule has 3 amide bonds. The number of anilines is 1. The summed E-state index contributed by atoms with van der Waals surface area (Å²) in [6.07, 6.45) is 1.26. The molecule has 1 aliphatic rings. The van der Waals surface area contributed by atoms with E-state index >= 15 is 0 Å². The first-order valence-electron chi connectivity index (χ1n) is 11.0. The van der Waals surface area contributed by atoms with Crippen molar-refractivity contribution in [2.45, 2.75) is 38.9 Å². The Labute approximate surface area is 188 Å². The molecule has 1 aliphatic heterocycles. The fraction of sp³-hybridized carbons (Fsp3) is 0.417. The van der Waals surface area contributed by atoms with Gasteiger partial charge in [0.2, 0.25) is 5.91 Å². The first-order valence-corrected chi connectivity index (χ1v) is 11.0. The molecule has 2 aromatic rings. The van der Waals surface area contributed by atoms with E-state index in [4.69, 9.17) is 4.74 Å². The maximum Gasteiger partial charge on any atom is 0.315 e. The minimum Gasteiger partial charge on any atom is -0.379 e. The highest BCUT2D eigenvalue weighted by molar-refractivity contribution is 5.97. The van der Waals surface area contributed by atoms with Crippen LogP contribution in [0.1, 0.15) is 30.9 Å². The molecule has 172 valence electrons. The number of urea groups is 1. The molecule has 3 N–H and O–H groups in total. The lowest BCUT2D eigenvalue weighted by atomic mass is 10.1. The SMILES string of the molecule is CCCC(NC(=O)NCc1ccc(F)cc1)C(=O)Nc1ccc(CN2CCOCC2)cc1. The summed E-state index contributed by atoms with van der Waals surface area (Å²) in [5.74, 6) is -0.586. The van der Waals surface area contributed by atoms with Crippen LogP contribution in [0.25, 0.3) is 0 Å². The summed E-state index contributed by atoms with van der Waals surface area (Å²) in [7, 11) is 0. The van der Waals surface area contributed by atoms with Crippen molar-refractivity contribution in [2.24, 2.45) is 0 Å². The summed E-state index contributed by atoms with van der Waals surface area (Å²) in [6.45, 7) is 6.43. The molecule has 0 aliphatic carbocycles. The number of morpholine rings is 1.